The molecule has 0 aliphatic carbocycles. The highest BCUT2D eigenvalue weighted by Crippen LogP contribution is 2.54. The SMILES string of the molecule is COc1cccc(OC)c1C(=O)CC1c2c(cc3c(c2OC)OCO3)CC[N+]12CC2. The van der Waals surface area contributed by atoms with Gasteiger partial charge in [-0.3, -0.25) is 4.79 Å². The first-order valence-electron chi connectivity index (χ1n) is 10.2. The number of ether oxygens (including phenoxy) is 5. The molecule has 3 aliphatic heterocycles. The first-order chi connectivity index (χ1) is 14.6. The van der Waals surface area contributed by atoms with Gasteiger partial charge in [-0.05, 0) is 23.8 Å². The van der Waals surface area contributed by atoms with Crippen molar-refractivity contribution in [3.63, 3.8) is 0 Å². The molecule has 5 rings (SSSR count). The molecule has 0 N–H and O–H groups in total. The first kappa shape index (κ1) is 19.1. The summed E-state index contributed by atoms with van der Waals surface area (Å²) < 4.78 is 29.0. The summed E-state index contributed by atoms with van der Waals surface area (Å²) in [6, 6.07) is 7.48. The van der Waals surface area contributed by atoms with Gasteiger partial charge in [0, 0.05) is 6.42 Å². The predicted octanol–water partition coefficient (Wildman–Crippen LogP) is 3.14. The highest BCUT2D eigenvalue weighted by atomic mass is 16.7. The second kappa shape index (κ2) is 7.09. The van der Waals surface area contributed by atoms with Crippen LogP contribution >= 0.6 is 0 Å². The monoisotopic (exact) mass is 412 g/mol. The van der Waals surface area contributed by atoms with E-state index in [0.717, 1.165) is 41.9 Å². The van der Waals surface area contributed by atoms with Crippen LogP contribution in [-0.4, -0.2) is 58.0 Å². The molecule has 1 saturated heterocycles. The largest absolute Gasteiger partial charge is 0.496 e. The Morgan fingerprint density at radius 2 is 1.80 bits per heavy atom. The Hall–Kier alpha value is -2.93. The zero-order valence-corrected chi connectivity index (χ0v) is 17.5. The van der Waals surface area contributed by atoms with Crippen molar-refractivity contribution < 1.29 is 33.0 Å². The molecule has 158 valence electrons. The van der Waals surface area contributed by atoms with E-state index in [2.05, 4.69) is 6.07 Å². The van der Waals surface area contributed by atoms with Gasteiger partial charge >= 0.3 is 0 Å². The van der Waals surface area contributed by atoms with Gasteiger partial charge in [0.1, 0.15) is 36.2 Å². The molecule has 0 saturated carbocycles. The van der Waals surface area contributed by atoms with E-state index in [1.54, 1.807) is 33.5 Å². The predicted molar refractivity (Wildman–Crippen MR) is 109 cm³/mol. The third-order valence-corrected chi connectivity index (χ3v) is 6.65. The zero-order valence-electron chi connectivity index (χ0n) is 17.5. The van der Waals surface area contributed by atoms with Crippen LogP contribution in [0.25, 0.3) is 0 Å². The normalized spacial score (nSPS) is 19.9. The van der Waals surface area contributed by atoms with E-state index in [9.17, 15) is 4.79 Å². The maximum Gasteiger partial charge on any atom is 0.231 e. The Balaban J connectivity index is 1.59. The van der Waals surface area contributed by atoms with Crippen molar-refractivity contribution >= 4 is 5.78 Å². The molecule has 1 unspecified atom stereocenters. The van der Waals surface area contributed by atoms with E-state index in [0.29, 0.717) is 35.0 Å². The van der Waals surface area contributed by atoms with Crippen LogP contribution < -0.4 is 23.7 Å². The second-order valence-corrected chi connectivity index (χ2v) is 8.04. The Bertz CT molecular complexity index is 991. The fourth-order valence-corrected chi connectivity index (χ4v) is 4.99. The minimum absolute atomic E-state index is 0.000295. The number of hydrogen-bond donors (Lipinski definition) is 0. The van der Waals surface area contributed by atoms with Crippen LogP contribution in [0.4, 0.5) is 0 Å². The minimum atomic E-state index is 0.000295. The van der Waals surface area contributed by atoms with Crippen LogP contribution in [0.5, 0.6) is 28.7 Å². The molecular formula is C23H26NO6+. The van der Waals surface area contributed by atoms with E-state index in [-0.39, 0.29) is 18.6 Å². The molecular weight excluding hydrogens is 386 g/mol. The Labute approximate surface area is 175 Å². The van der Waals surface area contributed by atoms with Crippen molar-refractivity contribution in [2.24, 2.45) is 0 Å². The molecule has 3 aliphatic rings. The molecule has 7 heteroatoms. The summed E-state index contributed by atoms with van der Waals surface area (Å²) in [6.07, 6.45) is 1.28. The van der Waals surface area contributed by atoms with Crippen LogP contribution in [-0.2, 0) is 6.42 Å². The second-order valence-electron chi connectivity index (χ2n) is 8.04. The van der Waals surface area contributed by atoms with E-state index in [1.807, 2.05) is 6.07 Å². The molecule has 0 amide bonds. The van der Waals surface area contributed by atoms with Gasteiger partial charge in [-0.25, -0.2) is 0 Å². The lowest BCUT2D eigenvalue weighted by Gasteiger charge is -2.36. The Kier molecular flexibility index (Phi) is 4.50. The van der Waals surface area contributed by atoms with Crippen molar-refractivity contribution in [2.75, 3.05) is 47.8 Å². The summed E-state index contributed by atoms with van der Waals surface area (Å²) in [5.74, 6) is 3.14. The molecule has 3 heterocycles. The topological polar surface area (TPSA) is 63.2 Å². The van der Waals surface area contributed by atoms with Crippen molar-refractivity contribution in [1.82, 2.24) is 0 Å². The zero-order chi connectivity index (χ0) is 20.9. The van der Waals surface area contributed by atoms with E-state index >= 15 is 0 Å². The van der Waals surface area contributed by atoms with Crippen LogP contribution in [0.2, 0.25) is 0 Å². The molecule has 0 bridgehead atoms. The molecule has 7 nitrogen and oxygen atoms in total. The molecule has 1 spiro atoms. The average molecular weight is 412 g/mol. The van der Waals surface area contributed by atoms with Crippen LogP contribution in [0.1, 0.15) is 33.9 Å². The van der Waals surface area contributed by atoms with Gasteiger partial charge in [-0.1, -0.05) is 6.07 Å². The summed E-state index contributed by atoms with van der Waals surface area (Å²) in [6.45, 7) is 3.34. The lowest BCUT2D eigenvalue weighted by molar-refractivity contribution is -0.835. The van der Waals surface area contributed by atoms with Gasteiger partial charge < -0.3 is 28.2 Å². The highest BCUT2D eigenvalue weighted by Gasteiger charge is 2.54. The number of fused-ring (bicyclic) bond motifs is 2. The number of hydrogen-bond acceptors (Lipinski definition) is 6. The fourth-order valence-electron chi connectivity index (χ4n) is 4.99. The van der Waals surface area contributed by atoms with Gasteiger partial charge in [0.05, 0.1) is 39.9 Å². The molecule has 0 radical (unpaired) electrons. The summed E-state index contributed by atoms with van der Waals surface area (Å²) >= 11 is 0. The van der Waals surface area contributed by atoms with E-state index < -0.39 is 0 Å². The quantitative estimate of drug-likeness (QED) is 0.413. The number of nitrogens with zero attached hydrogens (tertiary/aromatic N) is 1. The van der Waals surface area contributed by atoms with Crippen LogP contribution in [0, 0.1) is 0 Å². The van der Waals surface area contributed by atoms with Crippen molar-refractivity contribution in [3.8, 4) is 28.7 Å². The third kappa shape index (κ3) is 2.80. The first-order valence-corrected chi connectivity index (χ1v) is 10.2. The number of Topliss-reactive ketones (excluding diaryl/α,β-unsaturated/α-hetero) is 1. The Morgan fingerprint density at radius 1 is 1.07 bits per heavy atom. The minimum Gasteiger partial charge on any atom is -0.496 e. The van der Waals surface area contributed by atoms with Crippen molar-refractivity contribution in [3.05, 3.63) is 41.0 Å². The van der Waals surface area contributed by atoms with Crippen LogP contribution in [0.3, 0.4) is 0 Å². The van der Waals surface area contributed by atoms with Gasteiger partial charge in [-0.15, -0.1) is 0 Å². The lowest BCUT2D eigenvalue weighted by Crippen LogP contribution is -2.39. The molecule has 30 heavy (non-hydrogen) atoms. The molecule has 1 atom stereocenters. The summed E-state index contributed by atoms with van der Waals surface area (Å²) in [4.78, 5) is 13.6. The Morgan fingerprint density at radius 3 is 2.43 bits per heavy atom. The van der Waals surface area contributed by atoms with Crippen molar-refractivity contribution in [2.45, 2.75) is 18.9 Å². The summed E-state index contributed by atoms with van der Waals surface area (Å²) in [5.41, 5.74) is 2.75. The fraction of sp³-hybridized carbons (Fsp3) is 0.435. The van der Waals surface area contributed by atoms with Gasteiger partial charge in [0.25, 0.3) is 0 Å². The average Bonchev–Trinajstić information content (AvgIpc) is 3.40. The van der Waals surface area contributed by atoms with Crippen LogP contribution in [0.15, 0.2) is 24.3 Å². The van der Waals surface area contributed by atoms with E-state index in [4.69, 9.17) is 23.7 Å². The molecule has 0 aromatic heterocycles. The summed E-state index contributed by atoms with van der Waals surface area (Å²) in [5, 5.41) is 0. The number of quaternary nitrogens is 1. The standard InChI is InChI=1S/C23H26NO6/c1-26-17-5-4-6-18(27-2)21(17)16(25)12-15-20-14(7-8-24(15)9-10-24)11-19-22(23(20)28-3)30-13-29-19/h4-6,11,15H,7-10,12-13H2,1-3H3/q+1. The number of carbonyl (C=O) groups excluding carboxylic acids is 1. The molecule has 2 aromatic rings. The molecule has 1 fully saturated rings. The number of methoxy groups -OCH3 is 3. The summed E-state index contributed by atoms with van der Waals surface area (Å²) in [7, 11) is 4.80. The maximum atomic E-state index is 13.6. The lowest BCUT2D eigenvalue weighted by atomic mass is 9.86. The van der Waals surface area contributed by atoms with Gasteiger partial charge in [0.15, 0.2) is 17.3 Å². The number of ketones is 1. The maximum absolute atomic E-state index is 13.6. The number of carbonyl (C=O) groups is 1. The van der Waals surface area contributed by atoms with Gasteiger partial charge in [0.2, 0.25) is 12.5 Å². The molecule has 2 aromatic carbocycles. The van der Waals surface area contributed by atoms with Gasteiger partial charge in [-0.2, -0.15) is 0 Å². The highest BCUT2D eigenvalue weighted by molar-refractivity contribution is 6.01. The van der Waals surface area contributed by atoms with Crippen molar-refractivity contribution in [1.29, 1.82) is 0 Å². The number of benzene rings is 2. The smallest absolute Gasteiger partial charge is 0.231 e. The number of rotatable bonds is 6. The van der Waals surface area contributed by atoms with E-state index in [1.165, 1.54) is 5.56 Å². The third-order valence-electron chi connectivity index (χ3n) is 6.65.